The number of benzene rings is 2. The summed E-state index contributed by atoms with van der Waals surface area (Å²) in [6.07, 6.45) is 0.729. The smallest absolute Gasteiger partial charge is 0.237 e. The molecule has 1 heterocycles. The number of hydrogen-bond donors (Lipinski definition) is 1. The Balaban J connectivity index is 1.80. The standard InChI is InChI=1S/C23H29FN2O3S/c1-15(2)25-23(27)21-12-20(30-19-8-5-17(24)6-9-19)14-26(21)13-16-11-18(28-3)7-10-22(16)29-4/h5-11,15,20-21H,12-14H2,1-4H3,(H,25,27)/t20-,21+/m1/s1. The number of halogens is 1. The summed E-state index contributed by atoms with van der Waals surface area (Å²) in [5.41, 5.74) is 0.978. The molecular formula is C23H29FN2O3S. The minimum atomic E-state index is -0.244. The van der Waals surface area contributed by atoms with Crippen molar-refractivity contribution in [2.24, 2.45) is 0 Å². The highest BCUT2D eigenvalue weighted by atomic mass is 32.2. The molecule has 0 unspecified atom stereocenters. The van der Waals surface area contributed by atoms with Gasteiger partial charge in [-0.3, -0.25) is 9.69 Å². The van der Waals surface area contributed by atoms with Gasteiger partial charge in [-0.15, -0.1) is 11.8 Å². The Morgan fingerprint density at radius 3 is 2.57 bits per heavy atom. The molecule has 1 saturated heterocycles. The van der Waals surface area contributed by atoms with Gasteiger partial charge >= 0.3 is 0 Å². The van der Waals surface area contributed by atoms with Gasteiger partial charge in [0.05, 0.1) is 20.3 Å². The lowest BCUT2D eigenvalue weighted by molar-refractivity contribution is -0.126. The first-order valence-corrected chi connectivity index (χ1v) is 10.9. The second-order valence-corrected chi connectivity index (χ2v) is 9.09. The van der Waals surface area contributed by atoms with Gasteiger partial charge < -0.3 is 14.8 Å². The SMILES string of the molecule is COc1ccc(OC)c(CN2C[C@H](Sc3ccc(F)cc3)C[C@H]2C(=O)NC(C)C)c1. The maximum atomic E-state index is 13.2. The third-order valence-corrected chi connectivity index (χ3v) is 6.30. The zero-order chi connectivity index (χ0) is 21.7. The molecule has 1 N–H and O–H groups in total. The molecule has 0 bridgehead atoms. The second kappa shape index (κ2) is 10.2. The van der Waals surface area contributed by atoms with Crippen molar-refractivity contribution in [1.82, 2.24) is 10.2 Å². The van der Waals surface area contributed by atoms with Crippen LogP contribution in [0.15, 0.2) is 47.4 Å². The highest BCUT2D eigenvalue weighted by Crippen LogP contribution is 2.35. The number of carbonyl (C=O) groups excluding carboxylic acids is 1. The van der Waals surface area contributed by atoms with Gasteiger partial charge in [-0.05, 0) is 62.7 Å². The number of carbonyl (C=O) groups is 1. The molecule has 0 saturated carbocycles. The predicted molar refractivity (Wildman–Crippen MR) is 118 cm³/mol. The Hall–Kier alpha value is -2.25. The van der Waals surface area contributed by atoms with Gasteiger partial charge in [0.25, 0.3) is 0 Å². The van der Waals surface area contributed by atoms with Crippen molar-refractivity contribution in [3.63, 3.8) is 0 Å². The number of thioether (sulfide) groups is 1. The van der Waals surface area contributed by atoms with Gasteiger partial charge in [-0.1, -0.05) is 0 Å². The number of methoxy groups -OCH3 is 2. The van der Waals surface area contributed by atoms with E-state index in [1.807, 2.05) is 32.0 Å². The first-order valence-electron chi connectivity index (χ1n) is 10.1. The first-order chi connectivity index (χ1) is 14.4. The molecule has 2 atom stereocenters. The van der Waals surface area contributed by atoms with E-state index in [1.54, 1.807) is 38.1 Å². The van der Waals surface area contributed by atoms with Gasteiger partial charge in [0.15, 0.2) is 0 Å². The Kier molecular flexibility index (Phi) is 7.61. The Bertz CT molecular complexity index is 860. The van der Waals surface area contributed by atoms with E-state index in [0.29, 0.717) is 6.54 Å². The minimum Gasteiger partial charge on any atom is -0.497 e. The number of likely N-dealkylation sites (tertiary alicyclic amines) is 1. The molecule has 0 aromatic heterocycles. The maximum absolute atomic E-state index is 13.2. The Morgan fingerprint density at radius 2 is 1.93 bits per heavy atom. The fourth-order valence-corrected chi connectivity index (χ4v) is 4.93. The highest BCUT2D eigenvalue weighted by molar-refractivity contribution is 8.00. The summed E-state index contributed by atoms with van der Waals surface area (Å²) in [5.74, 6) is 1.32. The molecule has 2 aromatic carbocycles. The summed E-state index contributed by atoms with van der Waals surface area (Å²) in [4.78, 5) is 16.1. The van der Waals surface area contributed by atoms with E-state index in [9.17, 15) is 9.18 Å². The highest BCUT2D eigenvalue weighted by Gasteiger charge is 2.37. The average Bonchev–Trinajstić information content (AvgIpc) is 3.11. The largest absolute Gasteiger partial charge is 0.497 e. The number of ether oxygens (including phenoxy) is 2. The van der Waals surface area contributed by atoms with Crippen LogP contribution in [0.4, 0.5) is 4.39 Å². The molecule has 0 aliphatic carbocycles. The van der Waals surface area contributed by atoms with Crippen LogP contribution in [-0.4, -0.2) is 48.9 Å². The molecule has 2 aromatic rings. The lowest BCUT2D eigenvalue weighted by atomic mass is 10.1. The number of nitrogens with one attached hydrogen (secondary N) is 1. The van der Waals surface area contributed by atoms with Crippen LogP contribution in [0, 0.1) is 5.82 Å². The molecule has 162 valence electrons. The fourth-order valence-electron chi connectivity index (χ4n) is 3.71. The third kappa shape index (κ3) is 5.67. The normalized spacial score (nSPS) is 19.1. The van der Waals surface area contributed by atoms with Gasteiger partial charge in [0.1, 0.15) is 17.3 Å². The zero-order valence-corrected chi connectivity index (χ0v) is 18.7. The van der Waals surface area contributed by atoms with Gasteiger partial charge in [-0.2, -0.15) is 0 Å². The van der Waals surface area contributed by atoms with Crippen molar-refractivity contribution in [1.29, 1.82) is 0 Å². The summed E-state index contributed by atoms with van der Waals surface area (Å²) in [6, 6.07) is 12.1. The molecule has 5 nitrogen and oxygen atoms in total. The maximum Gasteiger partial charge on any atom is 0.237 e. The van der Waals surface area contributed by atoms with Crippen LogP contribution in [0.25, 0.3) is 0 Å². The summed E-state index contributed by atoms with van der Waals surface area (Å²) in [5, 5.41) is 3.28. The van der Waals surface area contributed by atoms with E-state index in [2.05, 4.69) is 10.2 Å². The van der Waals surface area contributed by atoms with Crippen molar-refractivity contribution in [3.05, 3.63) is 53.8 Å². The molecule has 1 fully saturated rings. The first kappa shape index (κ1) is 22.4. The van der Waals surface area contributed by atoms with Crippen molar-refractivity contribution in [3.8, 4) is 11.5 Å². The molecule has 1 aliphatic heterocycles. The van der Waals surface area contributed by atoms with Crippen molar-refractivity contribution < 1.29 is 18.7 Å². The average molecular weight is 433 g/mol. The van der Waals surface area contributed by atoms with E-state index >= 15 is 0 Å². The molecule has 1 aliphatic rings. The van der Waals surface area contributed by atoms with Crippen LogP contribution in [-0.2, 0) is 11.3 Å². The van der Waals surface area contributed by atoms with Crippen molar-refractivity contribution >= 4 is 17.7 Å². The summed E-state index contributed by atoms with van der Waals surface area (Å²) < 4.78 is 24.1. The molecule has 30 heavy (non-hydrogen) atoms. The van der Waals surface area contributed by atoms with E-state index in [1.165, 1.54) is 12.1 Å². The van der Waals surface area contributed by atoms with Crippen LogP contribution in [0.1, 0.15) is 25.8 Å². The quantitative estimate of drug-likeness (QED) is 0.681. The van der Waals surface area contributed by atoms with Crippen LogP contribution < -0.4 is 14.8 Å². The van der Waals surface area contributed by atoms with Gasteiger partial charge in [0.2, 0.25) is 5.91 Å². The van der Waals surface area contributed by atoms with E-state index < -0.39 is 0 Å². The third-order valence-electron chi connectivity index (χ3n) is 5.08. The summed E-state index contributed by atoms with van der Waals surface area (Å²) in [7, 11) is 3.28. The van der Waals surface area contributed by atoms with Crippen LogP contribution in [0.2, 0.25) is 0 Å². The minimum absolute atomic E-state index is 0.0362. The monoisotopic (exact) mass is 432 g/mol. The van der Waals surface area contributed by atoms with Crippen LogP contribution in [0.5, 0.6) is 11.5 Å². The summed E-state index contributed by atoms with van der Waals surface area (Å²) in [6.45, 7) is 5.26. The number of nitrogens with zero attached hydrogens (tertiary/aromatic N) is 1. The van der Waals surface area contributed by atoms with Gasteiger partial charge in [-0.25, -0.2) is 4.39 Å². The number of hydrogen-bond acceptors (Lipinski definition) is 5. The molecule has 0 spiro atoms. The molecule has 3 rings (SSSR count). The lowest BCUT2D eigenvalue weighted by Crippen LogP contribution is -2.45. The number of rotatable bonds is 8. The number of amides is 1. The van der Waals surface area contributed by atoms with Crippen LogP contribution in [0.3, 0.4) is 0 Å². The Labute approximate surface area is 181 Å². The van der Waals surface area contributed by atoms with E-state index in [-0.39, 0.29) is 29.1 Å². The Morgan fingerprint density at radius 1 is 1.20 bits per heavy atom. The topological polar surface area (TPSA) is 50.8 Å². The molecule has 7 heteroatoms. The lowest BCUT2D eigenvalue weighted by Gasteiger charge is -2.25. The predicted octanol–water partition coefficient (Wildman–Crippen LogP) is 4.10. The summed E-state index contributed by atoms with van der Waals surface area (Å²) >= 11 is 1.69. The van der Waals surface area contributed by atoms with Crippen molar-refractivity contribution in [2.45, 2.75) is 49.0 Å². The van der Waals surface area contributed by atoms with Crippen molar-refractivity contribution in [2.75, 3.05) is 20.8 Å². The van der Waals surface area contributed by atoms with E-state index in [4.69, 9.17) is 9.47 Å². The van der Waals surface area contributed by atoms with Gasteiger partial charge in [0, 0.05) is 34.8 Å². The fraction of sp³-hybridized carbons (Fsp3) is 0.435. The molecule has 1 amide bonds. The van der Waals surface area contributed by atoms with E-state index in [0.717, 1.165) is 34.9 Å². The molecule has 0 radical (unpaired) electrons. The van der Waals surface area contributed by atoms with Crippen LogP contribution >= 0.6 is 11.8 Å². The molecular weight excluding hydrogens is 403 g/mol. The zero-order valence-electron chi connectivity index (χ0n) is 17.9. The second-order valence-electron chi connectivity index (χ2n) is 7.72.